The second-order valence-corrected chi connectivity index (χ2v) is 9.69. The maximum Gasteiger partial charge on any atom is 0.252 e. The number of rotatable bonds is 7. The number of nitrogens with one attached hydrogen (secondary N) is 1. The standard InChI is InChI=1S/C19H25N3O3S2/c1-16(19(23)20-10-9-17-6-3-2-4-7-17)21-11-13-22(14-12-21)27(24,25)18-8-5-15-26-18/h2-8,15-16H,9-14H2,1H3,(H,20,23)/t16-/m0/s1. The molecule has 1 aliphatic rings. The summed E-state index contributed by atoms with van der Waals surface area (Å²) in [6.07, 6.45) is 0.798. The normalized spacial score (nSPS) is 17.5. The smallest absolute Gasteiger partial charge is 0.252 e. The van der Waals surface area contributed by atoms with E-state index in [2.05, 4.69) is 5.32 Å². The van der Waals surface area contributed by atoms with Crippen molar-refractivity contribution in [1.29, 1.82) is 0 Å². The van der Waals surface area contributed by atoms with Gasteiger partial charge >= 0.3 is 0 Å². The fourth-order valence-corrected chi connectivity index (χ4v) is 5.72. The fourth-order valence-electron chi connectivity index (χ4n) is 3.16. The van der Waals surface area contributed by atoms with Crippen molar-refractivity contribution in [3.63, 3.8) is 0 Å². The Morgan fingerprint density at radius 3 is 2.44 bits per heavy atom. The molecule has 2 heterocycles. The predicted molar refractivity (Wildman–Crippen MR) is 107 cm³/mol. The van der Waals surface area contributed by atoms with Gasteiger partial charge in [-0.05, 0) is 30.4 Å². The summed E-state index contributed by atoms with van der Waals surface area (Å²) in [5, 5.41) is 4.75. The molecular weight excluding hydrogens is 382 g/mol. The Kier molecular flexibility index (Phi) is 6.64. The van der Waals surface area contributed by atoms with Crippen LogP contribution >= 0.6 is 11.3 Å². The average Bonchev–Trinajstić information content (AvgIpc) is 3.24. The number of amides is 1. The number of hydrogen-bond acceptors (Lipinski definition) is 5. The van der Waals surface area contributed by atoms with Crippen LogP contribution in [0.25, 0.3) is 0 Å². The molecule has 1 aromatic carbocycles. The Bertz CT molecular complexity index is 830. The summed E-state index contributed by atoms with van der Waals surface area (Å²) in [5.74, 6) is -0.0134. The molecule has 2 aromatic rings. The van der Waals surface area contributed by atoms with Crippen LogP contribution in [-0.2, 0) is 21.2 Å². The zero-order chi connectivity index (χ0) is 19.3. The van der Waals surface area contributed by atoms with Crippen molar-refractivity contribution in [2.24, 2.45) is 0 Å². The highest BCUT2D eigenvalue weighted by Crippen LogP contribution is 2.22. The van der Waals surface area contributed by atoms with Crippen LogP contribution in [0.3, 0.4) is 0 Å². The molecule has 0 saturated carbocycles. The van der Waals surface area contributed by atoms with Crippen LogP contribution in [-0.4, -0.2) is 62.3 Å². The van der Waals surface area contributed by atoms with E-state index in [1.54, 1.807) is 17.5 Å². The Labute approximate surface area is 164 Å². The molecule has 1 N–H and O–H groups in total. The Balaban J connectivity index is 1.46. The molecular formula is C19H25N3O3S2. The molecule has 6 nitrogen and oxygen atoms in total. The molecule has 0 unspecified atom stereocenters. The summed E-state index contributed by atoms with van der Waals surface area (Å²) in [5.41, 5.74) is 1.19. The topological polar surface area (TPSA) is 69.7 Å². The molecule has 1 aromatic heterocycles. The number of carbonyl (C=O) groups is 1. The van der Waals surface area contributed by atoms with Gasteiger partial charge in [-0.15, -0.1) is 11.3 Å². The van der Waals surface area contributed by atoms with E-state index < -0.39 is 10.0 Å². The van der Waals surface area contributed by atoms with E-state index in [0.717, 1.165) is 6.42 Å². The van der Waals surface area contributed by atoms with Crippen LogP contribution in [0.5, 0.6) is 0 Å². The monoisotopic (exact) mass is 407 g/mol. The summed E-state index contributed by atoms with van der Waals surface area (Å²) in [6.45, 7) is 4.39. The van der Waals surface area contributed by atoms with E-state index in [9.17, 15) is 13.2 Å². The lowest BCUT2D eigenvalue weighted by Gasteiger charge is -2.36. The lowest BCUT2D eigenvalue weighted by Crippen LogP contribution is -2.54. The number of sulfonamides is 1. The summed E-state index contributed by atoms with van der Waals surface area (Å²) in [7, 11) is -3.41. The van der Waals surface area contributed by atoms with Crippen molar-refractivity contribution in [2.75, 3.05) is 32.7 Å². The predicted octanol–water partition coefficient (Wildman–Crippen LogP) is 1.80. The highest BCUT2D eigenvalue weighted by atomic mass is 32.2. The first kappa shape index (κ1) is 20.0. The summed E-state index contributed by atoms with van der Waals surface area (Å²) in [6, 6.07) is 13.2. The van der Waals surface area contributed by atoms with Crippen LogP contribution in [0.4, 0.5) is 0 Å². The maximum atomic E-state index is 12.6. The van der Waals surface area contributed by atoms with Crippen molar-refractivity contribution in [2.45, 2.75) is 23.6 Å². The van der Waals surface area contributed by atoms with E-state index in [1.807, 2.05) is 42.2 Å². The van der Waals surface area contributed by atoms with Gasteiger partial charge in [0.25, 0.3) is 10.0 Å². The highest BCUT2D eigenvalue weighted by Gasteiger charge is 2.32. The van der Waals surface area contributed by atoms with Gasteiger partial charge in [-0.25, -0.2) is 8.42 Å². The SMILES string of the molecule is C[C@@H](C(=O)NCCc1ccccc1)N1CCN(S(=O)(=O)c2cccs2)CC1. The molecule has 8 heteroatoms. The van der Waals surface area contributed by atoms with E-state index in [0.29, 0.717) is 36.9 Å². The van der Waals surface area contributed by atoms with E-state index in [-0.39, 0.29) is 11.9 Å². The average molecular weight is 408 g/mol. The van der Waals surface area contributed by atoms with Gasteiger partial charge < -0.3 is 5.32 Å². The minimum Gasteiger partial charge on any atom is -0.354 e. The van der Waals surface area contributed by atoms with E-state index in [1.165, 1.54) is 21.2 Å². The summed E-state index contributed by atoms with van der Waals surface area (Å²) < 4.78 is 27.0. The molecule has 0 spiro atoms. The number of hydrogen-bond donors (Lipinski definition) is 1. The van der Waals surface area contributed by atoms with Crippen molar-refractivity contribution < 1.29 is 13.2 Å². The Morgan fingerprint density at radius 2 is 1.81 bits per heavy atom. The second-order valence-electron chi connectivity index (χ2n) is 6.57. The molecule has 0 aliphatic carbocycles. The summed E-state index contributed by atoms with van der Waals surface area (Å²) >= 11 is 1.24. The summed E-state index contributed by atoms with van der Waals surface area (Å²) in [4.78, 5) is 14.5. The van der Waals surface area contributed by atoms with E-state index in [4.69, 9.17) is 0 Å². The van der Waals surface area contributed by atoms with Crippen LogP contribution in [0.1, 0.15) is 12.5 Å². The van der Waals surface area contributed by atoms with Gasteiger partial charge in [0.1, 0.15) is 4.21 Å². The van der Waals surface area contributed by atoms with Gasteiger partial charge in [-0.3, -0.25) is 9.69 Å². The van der Waals surface area contributed by atoms with Crippen LogP contribution in [0.2, 0.25) is 0 Å². The zero-order valence-corrected chi connectivity index (χ0v) is 17.0. The molecule has 3 rings (SSSR count). The number of carbonyl (C=O) groups excluding carboxylic acids is 1. The number of piperazine rings is 1. The maximum absolute atomic E-state index is 12.6. The zero-order valence-electron chi connectivity index (χ0n) is 15.4. The molecule has 1 aliphatic heterocycles. The minimum absolute atomic E-state index is 0.0134. The molecule has 1 saturated heterocycles. The molecule has 1 fully saturated rings. The van der Waals surface area contributed by atoms with Gasteiger partial charge in [0, 0.05) is 32.7 Å². The highest BCUT2D eigenvalue weighted by molar-refractivity contribution is 7.91. The minimum atomic E-state index is -3.41. The van der Waals surface area contributed by atoms with Crippen molar-refractivity contribution in [3.05, 3.63) is 53.4 Å². The second kappa shape index (κ2) is 8.97. The van der Waals surface area contributed by atoms with Gasteiger partial charge in [0.05, 0.1) is 6.04 Å². The fraction of sp³-hybridized carbons (Fsp3) is 0.421. The van der Waals surface area contributed by atoms with Crippen molar-refractivity contribution in [1.82, 2.24) is 14.5 Å². The van der Waals surface area contributed by atoms with Gasteiger partial charge in [-0.2, -0.15) is 4.31 Å². The quantitative estimate of drug-likeness (QED) is 0.760. The molecule has 1 amide bonds. The molecule has 27 heavy (non-hydrogen) atoms. The van der Waals surface area contributed by atoms with Crippen molar-refractivity contribution >= 4 is 27.3 Å². The van der Waals surface area contributed by atoms with Gasteiger partial charge in [0.2, 0.25) is 5.91 Å². The Morgan fingerprint density at radius 1 is 1.11 bits per heavy atom. The third kappa shape index (κ3) is 4.95. The van der Waals surface area contributed by atoms with Crippen molar-refractivity contribution in [3.8, 4) is 0 Å². The first-order valence-electron chi connectivity index (χ1n) is 9.08. The first-order valence-corrected chi connectivity index (χ1v) is 11.4. The van der Waals surface area contributed by atoms with Crippen LogP contribution < -0.4 is 5.32 Å². The molecule has 146 valence electrons. The van der Waals surface area contributed by atoms with E-state index >= 15 is 0 Å². The van der Waals surface area contributed by atoms with Gasteiger partial charge in [-0.1, -0.05) is 36.4 Å². The lowest BCUT2D eigenvalue weighted by atomic mass is 10.1. The molecule has 0 bridgehead atoms. The number of thiophene rings is 1. The third-order valence-corrected chi connectivity index (χ3v) is 8.12. The van der Waals surface area contributed by atoms with Gasteiger partial charge in [0.15, 0.2) is 0 Å². The van der Waals surface area contributed by atoms with Crippen LogP contribution in [0.15, 0.2) is 52.1 Å². The molecule has 0 radical (unpaired) electrons. The number of benzene rings is 1. The molecule has 1 atom stereocenters. The largest absolute Gasteiger partial charge is 0.354 e. The number of nitrogens with zero attached hydrogens (tertiary/aromatic N) is 2. The third-order valence-electron chi connectivity index (χ3n) is 4.85. The Hall–Kier alpha value is -1.74. The lowest BCUT2D eigenvalue weighted by molar-refractivity contribution is -0.126. The first-order chi connectivity index (χ1) is 13.0. The van der Waals surface area contributed by atoms with Crippen LogP contribution in [0, 0.1) is 0 Å².